The van der Waals surface area contributed by atoms with E-state index in [9.17, 15) is 19.2 Å². The van der Waals surface area contributed by atoms with Gasteiger partial charge in [0.1, 0.15) is 0 Å². The molecular formula is C20H24N2O4. The number of fused-ring (bicyclic) bond motifs is 2. The molecular weight excluding hydrogens is 332 g/mol. The summed E-state index contributed by atoms with van der Waals surface area (Å²) in [6.07, 6.45) is 1.19. The van der Waals surface area contributed by atoms with E-state index in [1.807, 2.05) is 13.8 Å². The van der Waals surface area contributed by atoms with Crippen molar-refractivity contribution in [3.05, 3.63) is 29.8 Å². The summed E-state index contributed by atoms with van der Waals surface area (Å²) in [4.78, 5) is 49.3. The lowest BCUT2D eigenvalue weighted by Crippen LogP contribution is -2.63. The van der Waals surface area contributed by atoms with Crippen molar-refractivity contribution in [2.24, 2.45) is 16.2 Å². The van der Waals surface area contributed by atoms with E-state index in [0.29, 0.717) is 30.5 Å². The van der Waals surface area contributed by atoms with Crippen LogP contribution in [0.2, 0.25) is 0 Å². The maximum Gasteiger partial charge on any atom is 0.232 e. The minimum atomic E-state index is -0.860. The summed E-state index contributed by atoms with van der Waals surface area (Å²) < 4.78 is 0. The number of carbonyl (C=O) groups is 4. The largest absolute Gasteiger partial charge is 0.326 e. The van der Waals surface area contributed by atoms with Crippen LogP contribution in [-0.2, 0) is 14.4 Å². The number of rotatable bonds is 3. The van der Waals surface area contributed by atoms with E-state index in [2.05, 4.69) is 10.6 Å². The SMILES string of the molecule is CC(=O)c1cccc(NC(=O)C2(C)CC3(C)CC(C)(C2)C(=O)NC3=O)c1. The summed E-state index contributed by atoms with van der Waals surface area (Å²) in [5.41, 5.74) is -1.32. The van der Waals surface area contributed by atoms with Gasteiger partial charge in [0.2, 0.25) is 17.7 Å². The Bertz CT molecular complexity index is 803. The van der Waals surface area contributed by atoms with E-state index in [0.717, 1.165) is 0 Å². The number of carbonyl (C=O) groups excluding carboxylic acids is 4. The molecule has 2 N–H and O–H groups in total. The average Bonchev–Trinajstić information content (AvgIpc) is 2.52. The van der Waals surface area contributed by atoms with Gasteiger partial charge in [-0.1, -0.05) is 32.9 Å². The van der Waals surface area contributed by atoms with Gasteiger partial charge < -0.3 is 5.32 Å². The first kappa shape index (κ1) is 18.3. The Morgan fingerprint density at radius 2 is 1.58 bits per heavy atom. The number of nitrogens with one attached hydrogen (secondary N) is 2. The Labute approximate surface area is 152 Å². The van der Waals surface area contributed by atoms with Crippen LogP contribution in [0.1, 0.15) is 57.3 Å². The molecule has 0 aromatic heterocycles. The Morgan fingerprint density at radius 1 is 1.00 bits per heavy atom. The highest BCUT2D eigenvalue weighted by Crippen LogP contribution is 2.56. The molecule has 3 amide bonds. The summed E-state index contributed by atoms with van der Waals surface area (Å²) in [6, 6.07) is 6.76. The number of hydrogen-bond donors (Lipinski definition) is 2. The van der Waals surface area contributed by atoms with Crippen molar-refractivity contribution in [3.8, 4) is 0 Å². The third-order valence-corrected chi connectivity index (χ3v) is 5.74. The van der Waals surface area contributed by atoms with Crippen molar-refractivity contribution < 1.29 is 19.2 Å². The zero-order chi connectivity index (χ0) is 19.3. The summed E-state index contributed by atoms with van der Waals surface area (Å²) >= 11 is 0. The second-order valence-electron chi connectivity index (χ2n) is 8.59. The Morgan fingerprint density at radius 3 is 2.12 bits per heavy atom. The molecule has 6 nitrogen and oxygen atoms in total. The van der Waals surface area contributed by atoms with Crippen molar-refractivity contribution >= 4 is 29.2 Å². The van der Waals surface area contributed by atoms with Gasteiger partial charge in [-0.05, 0) is 38.3 Å². The molecule has 2 aliphatic rings. The molecule has 1 aliphatic heterocycles. The number of ketones is 1. The fraction of sp³-hybridized carbons (Fsp3) is 0.500. The number of hydrogen-bond acceptors (Lipinski definition) is 4. The van der Waals surface area contributed by atoms with Crippen LogP contribution in [0.25, 0.3) is 0 Å². The predicted molar refractivity (Wildman–Crippen MR) is 96.4 cm³/mol. The average molecular weight is 356 g/mol. The van der Waals surface area contributed by atoms with E-state index >= 15 is 0 Å². The minimum absolute atomic E-state index is 0.0817. The minimum Gasteiger partial charge on any atom is -0.326 e. The number of piperidine rings is 1. The maximum atomic E-state index is 13.1. The highest BCUT2D eigenvalue weighted by Gasteiger charge is 2.60. The molecule has 1 saturated carbocycles. The number of imide groups is 1. The Balaban J connectivity index is 1.89. The molecule has 1 aromatic carbocycles. The third kappa shape index (κ3) is 2.93. The smallest absolute Gasteiger partial charge is 0.232 e. The molecule has 0 radical (unpaired) electrons. The van der Waals surface area contributed by atoms with Crippen molar-refractivity contribution in [1.29, 1.82) is 0 Å². The predicted octanol–water partition coefficient (Wildman–Crippen LogP) is 2.69. The van der Waals surface area contributed by atoms with E-state index in [-0.39, 0.29) is 23.5 Å². The van der Waals surface area contributed by atoms with E-state index in [1.165, 1.54) is 6.92 Å². The number of benzene rings is 1. The molecule has 0 spiro atoms. The molecule has 26 heavy (non-hydrogen) atoms. The lowest BCUT2D eigenvalue weighted by Gasteiger charge is -2.53. The van der Waals surface area contributed by atoms with Gasteiger partial charge in [0.05, 0.1) is 0 Å². The summed E-state index contributed by atoms with van der Waals surface area (Å²) in [6.45, 7) is 6.90. The monoisotopic (exact) mass is 356 g/mol. The summed E-state index contributed by atoms with van der Waals surface area (Å²) in [5, 5.41) is 5.33. The van der Waals surface area contributed by atoms with Crippen molar-refractivity contribution in [2.75, 3.05) is 5.32 Å². The van der Waals surface area contributed by atoms with Gasteiger partial charge in [0.25, 0.3) is 0 Å². The first-order valence-electron chi connectivity index (χ1n) is 8.76. The van der Waals surface area contributed by atoms with Gasteiger partial charge in [-0.15, -0.1) is 0 Å². The number of anilines is 1. The van der Waals surface area contributed by atoms with Gasteiger partial charge in [-0.2, -0.15) is 0 Å². The fourth-order valence-electron chi connectivity index (χ4n) is 4.76. The van der Waals surface area contributed by atoms with Crippen molar-refractivity contribution in [3.63, 3.8) is 0 Å². The quantitative estimate of drug-likeness (QED) is 0.643. The zero-order valence-electron chi connectivity index (χ0n) is 15.6. The topological polar surface area (TPSA) is 92.3 Å². The van der Waals surface area contributed by atoms with Crippen molar-refractivity contribution in [2.45, 2.75) is 47.0 Å². The fourth-order valence-corrected chi connectivity index (χ4v) is 4.76. The molecule has 2 bridgehead atoms. The van der Waals surface area contributed by atoms with Gasteiger partial charge >= 0.3 is 0 Å². The lowest BCUT2D eigenvalue weighted by molar-refractivity contribution is -0.163. The van der Waals surface area contributed by atoms with Crippen molar-refractivity contribution in [1.82, 2.24) is 5.32 Å². The third-order valence-electron chi connectivity index (χ3n) is 5.74. The van der Waals surface area contributed by atoms with Crippen LogP contribution in [0.5, 0.6) is 0 Å². The Hall–Kier alpha value is -2.50. The zero-order valence-corrected chi connectivity index (χ0v) is 15.6. The second-order valence-corrected chi connectivity index (χ2v) is 8.59. The molecule has 6 heteroatoms. The van der Waals surface area contributed by atoms with Crippen LogP contribution in [0.3, 0.4) is 0 Å². The van der Waals surface area contributed by atoms with Gasteiger partial charge in [0.15, 0.2) is 5.78 Å². The lowest BCUT2D eigenvalue weighted by atomic mass is 9.52. The highest BCUT2D eigenvalue weighted by molar-refractivity contribution is 6.05. The van der Waals surface area contributed by atoms with Gasteiger partial charge in [-0.3, -0.25) is 24.5 Å². The molecule has 138 valence electrons. The van der Waals surface area contributed by atoms with Gasteiger partial charge in [-0.25, -0.2) is 0 Å². The Kier molecular flexibility index (Phi) is 4.05. The van der Waals surface area contributed by atoms with Crippen LogP contribution in [0.4, 0.5) is 5.69 Å². The molecule has 1 aliphatic carbocycles. The first-order chi connectivity index (χ1) is 12.0. The van der Waals surface area contributed by atoms with Crippen LogP contribution in [0.15, 0.2) is 24.3 Å². The summed E-state index contributed by atoms with van der Waals surface area (Å²) in [5.74, 6) is -0.936. The molecule has 2 unspecified atom stereocenters. The highest BCUT2D eigenvalue weighted by atomic mass is 16.2. The molecule has 1 heterocycles. The van der Waals surface area contributed by atoms with Crippen LogP contribution < -0.4 is 10.6 Å². The normalized spacial score (nSPS) is 33.4. The van der Waals surface area contributed by atoms with E-state index < -0.39 is 16.2 Å². The van der Waals surface area contributed by atoms with Crippen LogP contribution in [0, 0.1) is 16.2 Å². The molecule has 1 saturated heterocycles. The molecule has 3 rings (SSSR count). The van der Waals surface area contributed by atoms with E-state index in [4.69, 9.17) is 0 Å². The number of amides is 3. The van der Waals surface area contributed by atoms with E-state index in [1.54, 1.807) is 31.2 Å². The first-order valence-corrected chi connectivity index (χ1v) is 8.76. The molecule has 2 fully saturated rings. The second kappa shape index (κ2) is 5.76. The molecule has 1 aromatic rings. The molecule has 2 atom stereocenters. The van der Waals surface area contributed by atoms with Crippen LogP contribution >= 0.6 is 0 Å². The summed E-state index contributed by atoms with van der Waals surface area (Å²) in [7, 11) is 0. The van der Waals surface area contributed by atoms with Crippen LogP contribution in [-0.4, -0.2) is 23.5 Å². The van der Waals surface area contributed by atoms with Gasteiger partial charge in [0, 0.05) is 27.5 Å². The standard InChI is InChI=1S/C20H24N2O4/c1-12(23)13-6-5-7-14(8-13)21-15(24)18(2)9-19(3)11-20(4,10-18)17(26)22-16(19)25/h5-8H,9-11H2,1-4H3,(H,21,24)(H,22,25,26). The number of Topliss-reactive ketones (excluding diaryl/α,β-unsaturated/α-hetero) is 1. The maximum absolute atomic E-state index is 13.1.